The summed E-state index contributed by atoms with van der Waals surface area (Å²) in [5.41, 5.74) is 10.6. The van der Waals surface area contributed by atoms with Crippen LogP contribution < -0.4 is 10.9 Å². The zero-order chi connectivity index (χ0) is 27.7. The standard InChI is InChI=1S/C32H34N4O3/c1-5-20(3)28(31(38)34-33-26(37)6-2)36-30(22-16-10-11-17-23(22)32(36)39)27-24-18-12-13-19-25(24)35(4)29(27)21-14-8-7-9-15-21/h7-20,28,30H,5-6H2,1-4H3,(H,33,37)(H,34,38). The Morgan fingerprint density at radius 1 is 0.897 bits per heavy atom. The Kier molecular flexibility index (Phi) is 7.24. The highest BCUT2D eigenvalue weighted by Crippen LogP contribution is 2.48. The van der Waals surface area contributed by atoms with Crippen LogP contribution in [0.1, 0.15) is 61.1 Å². The molecule has 0 bridgehead atoms. The van der Waals surface area contributed by atoms with Gasteiger partial charge in [-0.2, -0.15) is 0 Å². The van der Waals surface area contributed by atoms with Crippen molar-refractivity contribution in [3.05, 3.63) is 95.6 Å². The summed E-state index contributed by atoms with van der Waals surface area (Å²) in [6.45, 7) is 5.70. The number of carbonyl (C=O) groups is 3. The quantitative estimate of drug-likeness (QED) is 0.321. The van der Waals surface area contributed by atoms with Crippen LogP contribution in [0.15, 0.2) is 78.9 Å². The average Bonchev–Trinajstić information content (AvgIpc) is 3.42. The second-order valence-corrected chi connectivity index (χ2v) is 10.1. The van der Waals surface area contributed by atoms with Gasteiger partial charge in [0.2, 0.25) is 5.91 Å². The minimum absolute atomic E-state index is 0.167. The van der Waals surface area contributed by atoms with Gasteiger partial charge >= 0.3 is 0 Å². The van der Waals surface area contributed by atoms with Gasteiger partial charge in [0.25, 0.3) is 11.8 Å². The maximum absolute atomic E-state index is 14.2. The van der Waals surface area contributed by atoms with Crippen LogP contribution in [0, 0.1) is 5.92 Å². The summed E-state index contributed by atoms with van der Waals surface area (Å²) in [5.74, 6) is -1.05. The number of hydrazine groups is 1. The van der Waals surface area contributed by atoms with Crippen LogP contribution in [-0.2, 0) is 16.6 Å². The minimum Gasteiger partial charge on any atom is -0.343 e. The zero-order valence-corrected chi connectivity index (χ0v) is 22.8. The van der Waals surface area contributed by atoms with Crippen LogP contribution in [0.2, 0.25) is 0 Å². The molecule has 3 amide bonds. The summed E-state index contributed by atoms with van der Waals surface area (Å²) in [4.78, 5) is 41.6. The number of benzene rings is 3. The van der Waals surface area contributed by atoms with Crippen molar-refractivity contribution >= 4 is 28.6 Å². The maximum atomic E-state index is 14.2. The summed E-state index contributed by atoms with van der Waals surface area (Å²) in [5, 5.41) is 1.03. The minimum atomic E-state index is -0.806. The van der Waals surface area contributed by atoms with E-state index in [0.29, 0.717) is 12.0 Å². The Morgan fingerprint density at radius 3 is 2.28 bits per heavy atom. The molecule has 3 atom stereocenters. The van der Waals surface area contributed by atoms with Crippen molar-refractivity contribution in [1.82, 2.24) is 20.3 Å². The highest BCUT2D eigenvalue weighted by molar-refractivity contribution is 6.04. The molecule has 7 nitrogen and oxygen atoms in total. The van der Waals surface area contributed by atoms with Gasteiger partial charge in [0.05, 0.1) is 11.7 Å². The monoisotopic (exact) mass is 522 g/mol. The first kappa shape index (κ1) is 26.2. The number of rotatable bonds is 7. The number of para-hydroxylation sites is 1. The van der Waals surface area contributed by atoms with E-state index < -0.39 is 18.0 Å². The largest absolute Gasteiger partial charge is 0.343 e. The molecule has 1 aliphatic heterocycles. The molecule has 3 unspecified atom stereocenters. The Balaban J connectivity index is 1.76. The molecule has 0 radical (unpaired) electrons. The molecule has 0 saturated heterocycles. The number of aromatic nitrogens is 1. The molecule has 4 aromatic rings. The number of nitrogens with zero attached hydrogens (tertiary/aromatic N) is 2. The van der Waals surface area contributed by atoms with E-state index in [1.165, 1.54) is 0 Å². The van der Waals surface area contributed by atoms with Gasteiger partial charge in [0, 0.05) is 35.5 Å². The molecule has 7 heteroatoms. The Hall–Kier alpha value is -4.39. The van der Waals surface area contributed by atoms with Gasteiger partial charge in [-0.15, -0.1) is 0 Å². The third kappa shape index (κ3) is 4.48. The molecule has 39 heavy (non-hydrogen) atoms. The van der Waals surface area contributed by atoms with Gasteiger partial charge in [-0.25, -0.2) is 0 Å². The predicted molar refractivity (Wildman–Crippen MR) is 153 cm³/mol. The molecule has 5 rings (SSSR count). The van der Waals surface area contributed by atoms with Crippen LogP contribution in [0.25, 0.3) is 22.2 Å². The van der Waals surface area contributed by atoms with E-state index in [1.54, 1.807) is 11.8 Å². The fourth-order valence-corrected chi connectivity index (χ4v) is 5.74. The normalized spacial score (nSPS) is 16.2. The van der Waals surface area contributed by atoms with Crippen LogP contribution in [-0.4, -0.2) is 33.2 Å². The van der Waals surface area contributed by atoms with Crippen molar-refractivity contribution in [2.24, 2.45) is 13.0 Å². The zero-order valence-electron chi connectivity index (χ0n) is 22.8. The number of hydrogen-bond donors (Lipinski definition) is 2. The lowest BCUT2D eigenvalue weighted by atomic mass is 9.90. The second-order valence-electron chi connectivity index (χ2n) is 10.1. The summed E-state index contributed by atoms with van der Waals surface area (Å²) < 4.78 is 2.17. The van der Waals surface area contributed by atoms with Gasteiger partial charge in [0.15, 0.2) is 0 Å². The molecular weight excluding hydrogens is 488 g/mol. The Labute approximate surface area is 228 Å². The number of amides is 3. The number of nitrogens with one attached hydrogen (secondary N) is 2. The van der Waals surface area contributed by atoms with Crippen LogP contribution >= 0.6 is 0 Å². The van der Waals surface area contributed by atoms with E-state index in [0.717, 1.165) is 33.3 Å². The fraction of sp³-hybridized carbons (Fsp3) is 0.281. The molecule has 3 aromatic carbocycles. The van der Waals surface area contributed by atoms with Gasteiger partial charge in [-0.05, 0) is 29.2 Å². The van der Waals surface area contributed by atoms with E-state index in [1.807, 2.05) is 75.5 Å². The summed E-state index contributed by atoms with van der Waals surface area (Å²) in [7, 11) is 2.04. The molecule has 0 aliphatic carbocycles. The van der Waals surface area contributed by atoms with Crippen molar-refractivity contribution in [3.8, 4) is 11.3 Å². The first-order valence-electron chi connectivity index (χ1n) is 13.5. The number of aryl methyl sites for hydroxylation is 1. The molecule has 0 saturated carbocycles. The Bertz CT molecular complexity index is 1540. The molecule has 2 N–H and O–H groups in total. The third-order valence-corrected chi connectivity index (χ3v) is 7.86. The average molecular weight is 523 g/mol. The molecule has 200 valence electrons. The summed E-state index contributed by atoms with van der Waals surface area (Å²) >= 11 is 0. The highest BCUT2D eigenvalue weighted by atomic mass is 16.2. The smallest absolute Gasteiger partial charge is 0.261 e. The third-order valence-electron chi connectivity index (χ3n) is 7.86. The van der Waals surface area contributed by atoms with Gasteiger partial charge in [-0.1, -0.05) is 93.9 Å². The number of hydrogen-bond acceptors (Lipinski definition) is 3. The maximum Gasteiger partial charge on any atom is 0.261 e. The van der Waals surface area contributed by atoms with E-state index in [2.05, 4.69) is 39.7 Å². The lowest BCUT2D eigenvalue weighted by Crippen LogP contribution is -2.55. The lowest BCUT2D eigenvalue weighted by Gasteiger charge is -2.36. The molecule has 1 aliphatic rings. The first-order chi connectivity index (χ1) is 18.9. The molecular formula is C32H34N4O3. The molecule has 0 spiro atoms. The van der Waals surface area contributed by atoms with Gasteiger partial charge in [0.1, 0.15) is 6.04 Å². The topological polar surface area (TPSA) is 83.4 Å². The Morgan fingerprint density at radius 2 is 1.56 bits per heavy atom. The van der Waals surface area contributed by atoms with Crippen molar-refractivity contribution in [2.45, 2.75) is 45.7 Å². The van der Waals surface area contributed by atoms with E-state index >= 15 is 0 Å². The fourth-order valence-electron chi connectivity index (χ4n) is 5.74. The van der Waals surface area contributed by atoms with Crippen molar-refractivity contribution < 1.29 is 14.4 Å². The van der Waals surface area contributed by atoms with Gasteiger partial charge < -0.3 is 9.47 Å². The van der Waals surface area contributed by atoms with Crippen LogP contribution in [0.4, 0.5) is 0 Å². The summed E-state index contributed by atoms with van der Waals surface area (Å²) in [6, 6.07) is 24.6. The molecule has 2 heterocycles. The van der Waals surface area contributed by atoms with E-state index in [4.69, 9.17) is 0 Å². The van der Waals surface area contributed by atoms with E-state index in [9.17, 15) is 14.4 Å². The van der Waals surface area contributed by atoms with E-state index in [-0.39, 0.29) is 24.2 Å². The number of carbonyl (C=O) groups excluding carboxylic acids is 3. The lowest BCUT2D eigenvalue weighted by molar-refractivity contribution is -0.133. The molecule has 0 fully saturated rings. The highest BCUT2D eigenvalue weighted by Gasteiger charge is 2.47. The van der Waals surface area contributed by atoms with Crippen LogP contribution in [0.3, 0.4) is 0 Å². The molecule has 1 aromatic heterocycles. The van der Waals surface area contributed by atoms with Crippen molar-refractivity contribution in [1.29, 1.82) is 0 Å². The van der Waals surface area contributed by atoms with Crippen molar-refractivity contribution in [2.75, 3.05) is 0 Å². The van der Waals surface area contributed by atoms with Crippen LogP contribution in [0.5, 0.6) is 0 Å². The van der Waals surface area contributed by atoms with Gasteiger partial charge in [-0.3, -0.25) is 25.2 Å². The van der Waals surface area contributed by atoms with Crippen molar-refractivity contribution in [3.63, 3.8) is 0 Å². The number of fused-ring (bicyclic) bond motifs is 2. The predicted octanol–water partition coefficient (Wildman–Crippen LogP) is 5.36. The second kappa shape index (κ2) is 10.8. The summed E-state index contributed by atoms with van der Waals surface area (Å²) in [6.07, 6.45) is 0.912. The first-order valence-corrected chi connectivity index (χ1v) is 13.5. The SMILES string of the molecule is CCC(=O)NNC(=O)C(C(C)CC)N1C(=O)c2ccccc2C1c1c(-c2ccccc2)n(C)c2ccccc12.